The molecule has 130 valence electrons. The number of hydrogen-bond acceptors (Lipinski definition) is 2. The minimum atomic E-state index is -0.260. The first-order chi connectivity index (χ1) is 12.1. The standard InChI is InChI=1S/C20H22FN3O/c1-15(13-16-7-2-3-9-18(16)21)20(25)22-11-6-10-19-23-14-17-8-4-5-12-24(17)19/h2-5,7-9,12,14-15H,6,10-11,13H2,1H3,(H,22,25). The highest BCUT2D eigenvalue weighted by molar-refractivity contribution is 5.78. The van der Waals surface area contributed by atoms with Crippen LogP contribution in [-0.4, -0.2) is 21.8 Å². The van der Waals surface area contributed by atoms with Gasteiger partial charge in [-0.2, -0.15) is 0 Å². The van der Waals surface area contributed by atoms with Crippen molar-refractivity contribution in [2.24, 2.45) is 5.92 Å². The second-order valence-corrected chi connectivity index (χ2v) is 6.26. The number of aromatic nitrogens is 2. The first kappa shape index (κ1) is 17.1. The van der Waals surface area contributed by atoms with Gasteiger partial charge in [-0.3, -0.25) is 4.79 Å². The van der Waals surface area contributed by atoms with E-state index < -0.39 is 0 Å². The lowest BCUT2D eigenvalue weighted by Crippen LogP contribution is -2.31. The predicted octanol–water partition coefficient (Wildman–Crippen LogP) is 3.40. The Balaban J connectivity index is 1.45. The molecule has 0 aliphatic heterocycles. The van der Waals surface area contributed by atoms with Crippen LogP contribution in [0.2, 0.25) is 0 Å². The van der Waals surface area contributed by atoms with E-state index in [-0.39, 0.29) is 17.6 Å². The van der Waals surface area contributed by atoms with E-state index in [1.54, 1.807) is 18.2 Å². The zero-order chi connectivity index (χ0) is 17.6. The Morgan fingerprint density at radius 3 is 2.88 bits per heavy atom. The Morgan fingerprint density at radius 2 is 2.04 bits per heavy atom. The van der Waals surface area contributed by atoms with Gasteiger partial charge in [-0.15, -0.1) is 0 Å². The lowest BCUT2D eigenvalue weighted by Gasteiger charge is -2.12. The molecule has 4 nitrogen and oxygen atoms in total. The number of halogens is 1. The fourth-order valence-electron chi connectivity index (χ4n) is 2.90. The molecule has 2 heterocycles. The molecule has 1 amide bonds. The molecular weight excluding hydrogens is 317 g/mol. The van der Waals surface area contributed by atoms with E-state index in [1.807, 2.05) is 37.5 Å². The molecular formula is C20H22FN3O. The number of aryl methyl sites for hydroxylation is 1. The quantitative estimate of drug-likeness (QED) is 0.671. The third-order valence-corrected chi connectivity index (χ3v) is 4.32. The zero-order valence-corrected chi connectivity index (χ0v) is 14.3. The molecule has 25 heavy (non-hydrogen) atoms. The van der Waals surface area contributed by atoms with E-state index >= 15 is 0 Å². The third-order valence-electron chi connectivity index (χ3n) is 4.32. The maximum atomic E-state index is 13.7. The summed E-state index contributed by atoms with van der Waals surface area (Å²) in [6.07, 6.45) is 5.85. The molecule has 1 N–H and O–H groups in total. The molecule has 1 atom stereocenters. The van der Waals surface area contributed by atoms with Crippen LogP contribution in [0.5, 0.6) is 0 Å². The molecule has 0 radical (unpaired) electrons. The minimum Gasteiger partial charge on any atom is -0.356 e. The van der Waals surface area contributed by atoms with Crippen LogP contribution in [0.3, 0.4) is 0 Å². The Bertz CT molecular complexity index is 859. The molecule has 0 bridgehead atoms. The van der Waals surface area contributed by atoms with Crippen molar-refractivity contribution in [2.75, 3.05) is 6.54 Å². The van der Waals surface area contributed by atoms with Gasteiger partial charge in [-0.25, -0.2) is 9.37 Å². The van der Waals surface area contributed by atoms with Gasteiger partial charge < -0.3 is 9.72 Å². The predicted molar refractivity (Wildman–Crippen MR) is 95.8 cm³/mol. The number of carbonyl (C=O) groups is 1. The van der Waals surface area contributed by atoms with E-state index in [1.165, 1.54) is 6.07 Å². The number of fused-ring (bicyclic) bond motifs is 1. The summed E-state index contributed by atoms with van der Waals surface area (Å²) < 4.78 is 15.7. The second-order valence-electron chi connectivity index (χ2n) is 6.26. The number of hydrogen-bond donors (Lipinski definition) is 1. The second kappa shape index (κ2) is 7.92. The number of amides is 1. The van der Waals surface area contributed by atoms with Gasteiger partial charge in [0.1, 0.15) is 11.6 Å². The zero-order valence-electron chi connectivity index (χ0n) is 14.3. The Morgan fingerprint density at radius 1 is 1.24 bits per heavy atom. The SMILES string of the molecule is CC(Cc1ccccc1F)C(=O)NCCCc1ncc2ccccn12. The van der Waals surface area contributed by atoms with Gasteiger partial charge in [-0.05, 0) is 36.6 Å². The minimum absolute atomic E-state index is 0.0452. The number of benzene rings is 1. The maximum Gasteiger partial charge on any atom is 0.223 e. The topological polar surface area (TPSA) is 46.4 Å². The molecule has 5 heteroatoms. The lowest BCUT2D eigenvalue weighted by molar-refractivity contribution is -0.124. The molecule has 3 aromatic rings. The first-order valence-electron chi connectivity index (χ1n) is 8.57. The molecule has 0 aliphatic carbocycles. The van der Waals surface area contributed by atoms with Crippen LogP contribution in [0.25, 0.3) is 5.52 Å². The van der Waals surface area contributed by atoms with Crippen molar-refractivity contribution in [3.8, 4) is 0 Å². The number of nitrogens with zero attached hydrogens (tertiary/aromatic N) is 2. The summed E-state index contributed by atoms with van der Waals surface area (Å²) in [6.45, 7) is 2.41. The Hall–Kier alpha value is -2.69. The number of rotatable bonds is 7. The molecule has 0 fully saturated rings. The fraction of sp³-hybridized carbons (Fsp3) is 0.300. The average molecular weight is 339 g/mol. The largest absolute Gasteiger partial charge is 0.356 e. The van der Waals surface area contributed by atoms with Crippen molar-refractivity contribution in [1.82, 2.24) is 14.7 Å². The Kier molecular flexibility index (Phi) is 5.43. The summed E-state index contributed by atoms with van der Waals surface area (Å²) in [6, 6.07) is 12.6. The smallest absolute Gasteiger partial charge is 0.223 e. The van der Waals surface area contributed by atoms with Crippen molar-refractivity contribution in [1.29, 1.82) is 0 Å². The summed E-state index contributed by atoms with van der Waals surface area (Å²) in [5.41, 5.74) is 1.65. The third kappa shape index (κ3) is 4.24. The molecule has 0 saturated carbocycles. The van der Waals surface area contributed by atoms with E-state index in [2.05, 4.69) is 14.7 Å². The molecule has 0 aliphatic rings. The summed E-state index contributed by atoms with van der Waals surface area (Å²) in [5, 5.41) is 2.93. The van der Waals surface area contributed by atoms with E-state index in [9.17, 15) is 9.18 Å². The van der Waals surface area contributed by atoms with E-state index in [4.69, 9.17) is 0 Å². The molecule has 1 aromatic carbocycles. The number of pyridine rings is 1. The first-order valence-corrected chi connectivity index (χ1v) is 8.57. The highest BCUT2D eigenvalue weighted by atomic mass is 19.1. The fourth-order valence-corrected chi connectivity index (χ4v) is 2.90. The van der Waals surface area contributed by atoms with Crippen molar-refractivity contribution in [3.05, 3.63) is 72.1 Å². The molecule has 0 saturated heterocycles. The molecule has 1 unspecified atom stereocenters. The Labute approximate surface area is 146 Å². The molecule has 3 rings (SSSR count). The number of carbonyl (C=O) groups excluding carboxylic acids is 1. The lowest BCUT2D eigenvalue weighted by atomic mass is 10.00. The monoisotopic (exact) mass is 339 g/mol. The van der Waals surface area contributed by atoms with Crippen LogP contribution >= 0.6 is 0 Å². The van der Waals surface area contributed by atoms with Crippen molar-refractivity contribution in [3.63, 3.8) is 0 Å². The van der Waals surface area contributed by atoms with Gasteiger partial charge in [0.05, 0.1) is 11.7 Å². The van der Waals surface area contributed by atoms with Crippen molar-refractivity contribution in [2.45, 2.75) is 26.2 Å². The maximum absolute atomic E-state index is 13.7. The molecule has 2 aromatic heterocycles. The normalized spacial score (nSPS) is 12.2. The van der Waals surface area contributed by atoms with Crippen LogP contribution < -0.4 is 5.32 Å². The highest BCUT2D eigenvalue weighted by Gasteiger charge is 2.15. The van der Waals surface area contributed by atoms with Gasteiger partial charge in [0.2, 0.25) is 5.91 Å². The van der Waals surface area contributed by atoms with Crippen LogP contribution in [0.1, 0.15) is 24.7 Å². The van der Waals surface area contributed by atoms with Crippen molar-refractivity contribution < 1.29 is 9.18 Å². The number of nitrogens with one attached hydrogen (secondary N) is 1. The van der Waals surface area contributed by atoms with Gasteiger partial charge in [0.15, 0.2) is 0 Å². The summed E-state index contributed by atoms with van der Waals surface area (Å²) in [4.78, 5) is 16.6. The molecule has 0 spiro atoms. The summed E-state index contributed by atoms with van der Waals surface area (Å²) in [5.74, 6) is 0.429. The summed E-state index contributed by atoms with van der Waals surface area (Å²) in [7, 11) is 0. The average Bonchev–Trinajstić information content (AvgIpc) is 3.03. The van der Waals surface area contributed by atoms with Gasteiger partial charge in [-0.1, -0.05) is 31.2 Å². The van der Waals surface area contributed by atoms with E-state index in [0.29, 0.717) is 18.5 Å². The summed E-state index contributed by atoms with van der Waals surface area (Å²) >= 11 is 0. The van der Waals surface area contributed by atoms with Crippen LogP contribution in [-0.2, 0) is 17.6 Å². The highest BCUT2D eigenvalue weighted by Crippen LogP contribution is 2.13. The van der Waals surface area contributed by atoms with Gasteiger partial charge in [0.25, 0.3) is 0 Å². The van der Waals surface area contributed by atoms with E-state index in [0.717, 1.165) is 24.2 Å². The van der Waals surface area contributed by atoms with Gasteiger partial charge in [0, 0.05) is 25.1 Å². The van der Waals surface area contributed by atoms with Gasteiger partial charge >= 0.3 is 0 Å². The van der Waals surface area contributed by atoms with Crippen LogP contribution in [0.4, 0.5) is 4.39 Å². The van der Waals surface area contributed by atoms with Crippen LogP contribution in [0.15, 0.2) is 54.9 Å². The van der Waals surface area contributed by atoms with Crippen LogP contribution in [0, 0.1) is 11.7 Å². The van der Waals surface area contributed by atoms with Crippen molar-refractivity contribution >= 4 is 11.4 Å². The number of imidazole rings is 1.